The van der Waals surface area contributed by atoms with E-state index >= 15 is 4.39 Å². The summed E-state index contributed by atoms with van der Waals surface area (Å²) in [5.41, 5.74) is -1.89. The molecule has 0 radical (unpaired) electrons. The Balaban J connectivity index is 2.05. The molecular formula is C15H28FNO2. The molecule has 3 nitrogen and oxygen atoms in total. The van der Waals surface area contributed by atoms with Gasteiger partial charge in [-0.3, -0.25) is 0 Å². The standard InChI is InChI=1S/C15H28FNO2/c1-13(2)9-12(14(3,4)19-13)15(5,16)8-11-10-18-7-6-17-11/h11-12,17H,6-10H2,1-5H3. The Bertz CT molecular complexity index is 322. The normalized spacial score (nSPS) is 36.9. The maximum atomic E-state index is 15.2. The van der Waals surface area contributed by atoms with Gasteiger partial charge < -0.3 is 14.8 Å². The lowest BCUT2D eigenvalue weighted by molar-refractivity contribution is -0.0953. The Hall–Kier alpha value is -0.190. The van der Waals surface area contributed by atoms with Crippen LogP contribution in [0.2, 0.25) is 0 Å². The van der Waals surface area contributed by atoms with E-state index in [-0.39, 0.29) is 17.6 Å². The quantitative estimate of drug-likeness (QED) is 0.857. The summed E-state index contributed by atoms with van der Waals surface area (Å²) in [6.45, 7) is 12.0. The zero-order valence-electron chi connectivity index (χ0n) is 12.9. The van der Waals surface area contributed by atoms with Gasteiger partial charge in [0.05, 0.1) is 24.4 Å². The number of nitrogens with one attached hydrogen (secondary N) is 1. The van der Waals surface area contributed by atoms with Crippen LogP contribution in [-0.2, 0) is 9.47 Å². The van der Waals surface area contributed by atoms with Crippen molar-refractivity contribution in [3.63, 3.8) is 0 Å². The number of ether oxygens (including phenoxy) is 2. The van der Waals surface area contributed by atoms with Crippen LogP contribution in [0.3, 0.4) is 0 Å². The highest BCUT2D eigenvalue weighted by molar-refractivity contribution is 5.03. The van der Waals surface area contributed by atoms with Crippen LogP contribution in [0.4, 0.5) is 4.39 Å². The van der Waals surface area contributed by atoms with Crippen LogP contribution in [0.25, 0.3) is 0 Å². The molecule has 2 fully saturated rings. The third kappa shape index (κ3) is 3.47. The van der Waals surface area contributed by atoms with Crippen molar-refractivity contribution in [2.75, 3.05) is 19.8 Å². The molecule has 0 spiro atoms. The summed E-state index contributed by atoms with van der Waals surface area (Å²) in [6.07, 6.45) is 1.25. The average molecular weight is 273 g/mol. The van der Waals surface area contributed by atoms with Crippen molar-refractivity contribution in [2.45, 2.75) is 70.4 Å². The molecule has 3 atom stereocenters. The molecule has 0 amide bonds. The second kappa shape index (κ2) is 4.97. The Labute approximate surface area is 116 Å². The number of morpholine rings is 1. The monoisotopic (exact) mass is 273 g/mol. The first-order valence-corrected chi connectivity index (χ1v) is 7.33. The first kappa shape index (κ1) is 15.2. The predicted octanol–water partition coefficient (Wildman–Crippen LogP) is 2.69. The van der Waals surface area contributed by atoms with Gasteiger partial charge in [0.25, 0.3) is 0 Å². The summed E-state index contributed by atoms with van der Waals surface area (Å²) < 4.78 is 26.7. The molecule has 2 heterocycles. The highest BCUT2D eigenvalue weighted by atomic mass is 19.1. The van der Waals surface area contributed by atoms with E-state index in [0.717, 1.165) is 19.6 Å². The first-order valence-electron chi connectivity index (χ1n) is 7.33. The molecule has 2 aliphatic rings. The van der Waals surface area contributed by atoms with E-state index in [4.69, 9.17) is 9.47 Å². The molecule has 2 rings (SSSR count). The molecule has 0 saturated carbocycles. The van der Waals surface area contributed by atoms with E-state index in [9.17, 15) is 0 Å². The second-order valence-corrected chi connectivity index (χ2v) is 7.43. The topological polar surface area (TPSA) is 30.5 Å². The average Bonchev–Trinajstić information content (AvgIpc) is 2.48. The molecule has 0 aliphatic carbocycles. The summed E-state index contributed by atoms with van der Waals surface area (Å²) in [4.78, 5) is 0. The first-order chi connectivity index (χ1) is 8.62. The number of hydrogen-bond donors (Lipinski definition) is 1. The lowest BCUT2D eigenvalue weighted by Gasteiger charge is -2.38. The number of halogens is 1. The van der Waals surface area contributed by atoms with Gasteiger partial charge in [-0.05, 0) is 47.5 Å². The minimum Gasteiger partial charge on any atom is -0.379 e. The molecule has 112 valence electrons. The summed E-state index contributed by atoms with van der Waals surface area (Å²) in [5.74, 6) is -0.0845. The predicted molar refractivity (Wildman–Crippen MR) is 74.1 cm³/mol. The van der Waals surface area contributed by atoms with Gasteiger partial charge in [-0.15, -0.1) is 0 Å². The van der Waals surface area contributed by atoms with Gasteiger partial charge in [-0.2, -0.15) is 0 Å². The van der Waals surface area contributed by atoms with Crippen molar-refractivity contribution in [3.8, 4) is 0 Å². The largest absolute Gasteiger partial charge is 0.379 e. The fourth-order valence-corrected chi connectivity index (χ4v) is 3.87. The van der Waals surface area contributed by atoms with Crippen LogP contribution >= 0.6 is 0 Å². The minimum absolute atomic E-state index is 0.0845. The number of alkyl halides is 1. The third-order valence-electron chi connectivity index (χ3n) is 4.44. The molecule has 1 N–H and O–H groups in total. The van der Waals surface area contributed by atoms with Gasteiger partial charge >= 0.3 is 0 Å². The Kier molecular flexibility index (Phi) is 3.98. The van der Waals surface area contributed by atoms with Crippen molar-refractivity contribution < 1.29 is 13.9 Å². The van der Waals surface area contributed by atoms with Crippen LogP contribution in [0.15, 0.2) is 0 Å². The fourth-order valence-electron chi connectivity index (χ4n) is 3.87. The van der Waals surface area contributed by atoms with Crippen LogP contribution in [0, 0.1) is 5.92 Å². The maximum absolute atomic E-state index is 15.2. The highest BCUT2D eigenvalue weighted by Crippen LogP contribution is 2.49. The van der Waals surface area contributed by atoms with Gasteiger partial charge in [0.1, 0.15) is 5.67 Å². The van der Waals surface area contributed by atoms with Crippen molar-refractivity contribution in [2.24, 2.45) is 5.92 Å². The van der Waals surface area contributed by atoms with E-state index in [0.29, 0.717) is 13.0 Å². The minimum atomic E-state index is -1.24. The van der Waals surface area contributed by atoms with Gasteiger partial charge in [-0.1, -0.05) is 0 Å². The van der Waals surface area contributed by atoms with Gasteiger partial charge in [0.15, 0.2) is 0 Å². The molecule has 2 aliphatic heterocycles. The van der Waals surface area contributed by atoms with Crippen molar-refractivity contribution in [3.05, 3.63) is 0 Å². The molecule has 0 bridgehead atoms. The van der Waals surface area contributed by atoms with Gasteiger partial charge in [0.2, 0.25) is 0 Å². The van der Waals surface area contributed by atoms with Crippen LogP contribution in [0.1, 0.15) is 47.5 Å². The van der Waals surface area contributed by atoms with Crippen LogP contribution < -0.4 is 5.32 Å². The summed E-state index contributed by atoms with van der Waals surface area (Å²) >= 11 is 0. The van der Waals surface area contributed by atoms with Crippen LogP contribution in [0.5, 0.6) is 0 Å². The molecule has 0 aromatic heterocycles. The molecule has 4 heteroatoms. The summed E-state index contributed by atoms with van der Waals surface area (Å²) in [5, 5.41) is 3.34. The smallest absolute Gasteiger partial charge is 0.115 e. The molecular weight excluding hydrogens is 245 g/mol. The number of hydrogen-bond acceptors (Lipinski definition) is 3. The lowest BCUT2D eigenvalue weighted by atomic mass is 9.74. The van der Waals surface area contributed by atoms with Crippen molar-refractivity contribution >= 4 is 0 Å². The molecule has 2 saturated heterocycles. The molecule has 19 heavy (non-hydrogen) atoms. The second-order valence-electron chi connectivity index (χ2n) is 7.43. The fraction of sp³-hybridized carbons (Fsp3) is 1.00. The van der Waals surface area contributed by atoms with E-state index in [1.54, 1.807) is 6.92 Å². The zero-order valence-corrected chi connectivity index (χ0v) is 12.9. The molecule has 0 aromatic carbocycles. The van der Waals surface area contributed by atoms with Crippen LogP contribution in [-0.4, -0.2) is 42.7 Å². The van der Waals surface area contributed by atoms with E-state index in [1.165, 1.54) is 0 Å². The number of rotatable bonds is 3. The van der Waals surface area contributed by atoms with E-state index < -0.39 is 11.3 Å². The van der Waals surface area contributed by atoms with E-state index in [1.807, 2.05) is 27.7 Å². The maximum Gasteiger partial charge on any atom is 0.115 e. The Morgan fingerprint density at radius 1 is 1.32 bits per heavy atom. The molecule has 0 aromatic rings. The van der Waals surface area contributed by atoms with Crippen molar-refractivity contribution in [1.82, 2.24) is 5.32 Å². The van der Waals surface area contributed by atoms with E-state index in [2.05, 4.69) is 5.32 Å². The van der Waals surface area contributed by atoms with Gasteiger partial charge in [-0.25, -0.2) is 4.39 Å². The Morgan fingerprint density at radius 2 is 2.00 bits per heavy atom. The van der Waals surface area contributed by atoms with Crippen molar-refractivity contribution in [1.29, 1.82) is 0 Å². The Morgan fingerprint density at radius 3 is 2.47 bits per heavy atom. The highest BCUT2D eigenvalue weighted by Gasteiger charge is 2.54. The van der Waals surface area contributed by atoms with Gasteiger partial charge in [0, 0.05) is 18.5 Å². The molecule has 3 unspecified atom stereocenters. The summed E-state index contributed by atoms with van der Waals surface area (Å²) in [6, 6.07) is 0.114. The third-order valence-corrected chi connectivity index (χ3v) is 4.44. The lowest BCUT2D eigenvalue weighted by Crippen LogP contribution is -2.49. The SMILES string of the molecule is CC1(C)CC(C(C)(F)CC2COCCN2)C(C)(C)O1. The zero-order chi connectivity index (χ0) is 14.3. The summed E-state index contributed by atoms with van der Waals surface area (Å²) in [7, 11) is 0.